The van der Waals surface area contributed by atoms with E-state index in [0.717, 1.165) is 32.1 Å². The Morgan fingerprint density at radius 3 is 2.50 bits per heavy atom. The topological polar surface area (TPSA) is 55.1 Å². The molecule has 0 aliphatic heterocycles. The van der Waals surface area contributed by atoms with Gasteiger partial charge in [0.05, 0.1) is 0 Å². The second-order valence-corrected chi connectivity index (χ2v) is 5.18. The van der Waals surface area contributed by atoms with Crippen molar-refractivity contribution in [1.29, 1.82) is 0 Å². The first-order valence-corrected chi connectivity index (χ1v) is 6.64. The third kappa shape index (κ3) is 3.48. The van der Waals surface area contributed by atoms with Gasteiger partial charge >= 0.3 is 0 Å². The monoisotopic (exact) mass is 226 g/mol. The molecular formula is C13H26N2O. The quantitative estimate of drug-likeness (QED) is 0.771. The molecule has 1 saturated carbocycles. The molecule has 0 heterocycles. The summed E-state index contributed by atoms with van der Waals surface area (Å²) in [6, 6.07) is 0.641. The predicted octanol–water partition coefficient (Wildman–Crippen LogP) is 2.05. The Hall–Kier alpha value is -0.570. The molecule has 0 spiro atoms. The van der Waals surface area contributed by atoms with Crippen molar-refractivity contribution >= 4 is 5.91 Å². The van der Waals surface area contributed by atoms with E-state index in [1.165, 1.54) is 0 Å². The molecule has 1 aliphatic carbocycles. The summed E-state index contributed by atoms with van der Waals surface area (Å²) in [5.41, 5.74) is 5.91. The second kappa shape index (κ2) is 6.24. The first kappa shape index (κ1) is 13.5. The molecule has 0 saturated heterocycles. The van der Waals surface area contributed by atoms with Gasteiger partial charge in [-0.05, 0) is 38.0 Å². The standard InChI is InChI=1S/C13H26N2O/c1-4-11(5-2)15-13(16)12-7-6-10(14)8-9(12)3/h9-12H,4-8,14H2,1-3H3,(H,15,16). The third-order valence-electron chi connectivity index (χ3n) is 3.88. The first-order valence-electron chi connectivity index (χ1n) is 6.64. The van der Waals surface area contributed by atoms with Crippen molar-refractivity contribution in [2.24, 2.45) is 17.6 Å². The molecular weight excluding hydrogens is 200 g/mol. The molecule has 3 nitrogen and oxygen atoms in total. The van der Waals surface area contributed by atoms with Gasteiger partial charge in [0.15, 0.2) is 0 Å². The van der Waals surface area contributed by atoms with Crippen molar-refractivity contribution in [2.75, 3.05) is 0 Å². The molecule has 16 heavy (non-hydrogen) atoms. The highest BCUT2D eigenvalue weighted by Gasteiger charge is 2.31. The zero-order chi connectivity index (χ0) is 12.1. The van der Waals surface area contributed by atoms with E-state index in [0.29, 0.717) is 18.0 Å². The second-order valence-electron chi connectivity index (χ2n) is 5.18. The summed E-state index contributed by atoms with van der Waals surface area (Å²) in [5, 5.41) is 3.15. The van der Waals surface area contributed by atoms with Crippen molar-refractivity contribution in [3.63, 3.8) is 0 Å². The Labute approximate surface area is 99.2 Å². The smallest absolute Gasteiger partial charge is 0.223 e. The van der Waals surface area contributed by atoms with E-state index in [9.17, 15) is 4.79 Å². The van der Waals surface area contributed by atoms with Crippen molar-refractivity contribution in [1.82, 2.24) is 5.32 Å². The van der Waals surface area contributed by atoms with Gasteiger partial charge in [-0.15, -0.1) is 0 Å². The lowest BCUT2D eigenvalue weighted by Crippen LogP contribution is -2.44. The van der Waals surface area contributed by atoms with Crippen molar-refractivity contribution in [3.05, 3.63) is 0 Å². The molecule has 0 radical (unpaired) electrons. The summed E-state index contributed by atoms with van der Waals surface area (Å²) in [4.78, 5) is 12.1. The van der Waals surface area contributed by atoms with Crippen molar-refractivity contribution in [3.8, 4) is 0 Å². The van der Waals surface area contributed by atoms with E-state index in [1.54, 1.807) is 0 Å². The molecule has 3 unspecified atom stereocenters. The highest BCUT2D eigenvalue weighted by atomic mass is 16.1. The minimum atomic E-state index is 0.181. The van der Waals surface area contributed by atoms with Gasteiger partial charge in [0.1, 0.15) is 0 Å². The largest absolute Gasteiger partial charge is 0.353 e. The van der Waals surface area contributed by atoms with Crippen LogP contribution in [-0.2, 0) is 4.79 Å². The van der Waals surface area contributed by atoms with Crippen LogP contribution in [0.3, 0.4) is 0 Å². The summed E-state index contributed by atoms with van der Waals surface area (Å²) in [6.45, 7) is 6.39. The molecule has 3 atom stereocenters. The lowest BCUT2D eigenvalue weighted by molar-refractivity contribution is -0.128. The Balaban J connectivity index is 2.47. The van der Waals surface area contributed by atoms with Crippen LogP contribution in [0.4, 0.5) is 0 Å². The number of amides is 1. The van der Waals surface area contributed by atoms with Gasteiger partial charge < -0.3 is 11.1 Å². The molecule has 1 rings (SSSR count). The molecule has 0 aromatic carbocycles. The lowest BCUT2D eigenvalue weighted by atomic mass is 9.77. The first-order chi connectivity index (χ1) is 7.58. The minimum Gasteiger partial charge on any atom is -0.353 e. The van der Waals surface area contributed by atoms with E-state index in [-0.39, 0.29) is 11.8 Å². The van der Waals surface area contributed by atoms with Crippen molar-refractivity contribution < 1.29 is 4.79 Å². The van der Waals surface area contributed by atoms with Crippen LogP contribution in [0, 0.1) is 11.8 Å². The number of carbonyl (C=O) groups is 1. The molecule has 94 valence electrons. The van der Waals surface area contributed by atoms with Crippen LogP contribution in [0.25, 0.3) is 0 Å². The normalized spacial score (nSPS) is 30.4. The van der Waals surface area contributed by atoms with Crippen LogP contribution < -0.4 is 11.1 Å². The summed E-state index contributed by atoms with van der Waals surface area (Å²) in [7, 11) is 0. The minimum absolute atomic E-state index is 0.181. The van der Waals surface area contributed by atoms with E-state index in [1.807, 2.05) is 0 Å². The molecule has 3 N–H and O–H groups in total. The number of rotatable bonds is 4. The van der Waals surface area contributed by atoms with Crippen LogP contribution in [0.1, 0.15) is 52.9 Å². The molecule has 1 amide bonds. The summed E-state index contributed by atoms with van der Waals surface area (Å²) >= 11 is 0. The predicted molar refractivity (Wildman–Crippen MR) is 67.0 cm³/mol. The SMILES string of the molecule is CCC(CC)NC(=O)C1CCC(N)CC1C. The average molecular weight is 226 g/mol. The van der Waals surface area contributed by atoms with Gasteiger partial charge in [-0.1, -0.05) is 20.8 Å². The van der Waals surface area contributed by atoms with Gasteiger partial charge in [-0.2, -0.15) is 0 Å². The maximum absolute atomic E-state index is 12.1. The third-order valence-corrected chi connectivity index (χ3v) is 3.88. The molecule has 1 fully saturated rings. The van der Waals surface area contributed by atoms with Gasteiger partial charge in [-0.3, -0.25) is 4.79 Å². The van der Waals surface area contributed by atoms with Gasteiger partial charge in [-0.25, -0.2) is 0 Å². The Bertz CT molecular complexity index is 226. The maximum atomic E-state index is 12.1. The number of hydrogen-bond acceptors (Lipinski definition) is 2. The van der Waals surface area contributed by atoms with E-state index in [4.69, 9.17) is 5.73 Å². The molecule has 1 aliphatic rings. The highest BCUT2D eigenvalue weighted by molar-refractivity contribution is 5.79. The highest BCUT2D eigenvalue weighted by Crippen LogP contribution is 2.29. The summed E-state index contributed by atoms with van der Waals surface area (Å²) in [6.07, 6.45) is 4.96. The van der Waals surface area contributed by atoms with Crippen LogP contribution >= 0.6 is 0 Å². The van der Waals surface area contributed by atoms with E-state index >= 15 is 0 Å². The fraction of sp³-hybridized carbons (Fsp3) is 0.923. The van der Waals surface area contributed by atoms with Crippen LogP contribution in [0.15, 0.2) is 0 Å². The Morgan fingerprint density at radius 2 is 2.00 bits per heavy atom. The molecule has 0 aromatic rings. The maximum Gasteiger partial charge on any atom is 0.223 e. The fourth-order valence-electron chi connectivity index (χ4n) is 2.63. The lowest BCUT2D eigenvalue weighted by Gasteiger charge is -2.32. The Morgan fingerprint density at radius 1 is 1.38 bits per heavy atom. The van der Waals surface area contributed by atoms with Crippen LogP contribution in [-0.4, -0.2) is 18.0 Å². The van der Waals surface area contributed by atoms with Gasteiger partial charge in [0, 0.05) is 18.0 Å². The summed E-state index contributed by atoms with van der Waals surface area (Å²) in [5.74, 6) is 0.853. The van der Waals surface area contributed by atoms with Crippen LogP contribution in [0.5, 0.6) is 0 Å². The molecule has 0 bridgehead atoms. The van der Waals surface area contributed by atoms with Crippen molar-refractivity contribution in [2.45, 2.75) is 65.0 Å². The number of hydrogen-bond donors (Lipinski definition) is 2. The van der Waals surface area contributed by atoms with Gasteiger partial charge in [0.2, 0.25) is 5.91 Å². The number of carbonyl (C=O) groups excluding carboxylic acids is 1. The Kier molecular flexibility index (Phi) is 5.26. The molecule has 0 aromatic heterocycles. The zero-order valence-corrected chi connectivity index (χ0v) is 10.8. The fourth-order valence-corrected chi connectivity index (χ4v) is 2.63. The summed E-state index contributed by atoms with van der Waals surface area (Å²) < 4.78 is 0. The zero-order valence-electron chi connectivity index (χ0n) is 10.8. The van der Waals surface area contributed by atoms with Gasteiger partial charge in [0.25, 0.3) is 0 Å². The van der Waals surface area contributed by atoms with Crippen LogP contribution in [0.2, 0.25) is 0 Å². The average Bonchev–Trinajstić information content (AvgIpc) is 2.25. The molecule has 3 heteroatoms. The number of nitrogens with two attached hydrogens (primary N) is 1. The van der Waals surface area contributed by atoms with E-state index < -0.39 is 0 Å². The van der Waals surface area contributed by atoms with E-state index in [2.05, 4.69) is 26.1 Å². The number of nitrogens with one attached hydrogen (secondary N) is 1.